The van der Waals surface area contributed by atoms with Crippen molar-refractivity contribution in [2.24, 2.45) is 0 Å². The van der Waals surface area contributed by atoms with Crippen LogP contribution in [0.4, 0.5) is 34.1 Å². The van der Waals surface area contributed by atoms with Gasteiger partial charge in [0.1, 0.15) is 11.5 Å². The number of thiophene rings is 1. The smallest absolute Gasteiger partial charge is 0.132 e. The molecule has 296 valence electrons. The van der Waals surface area contributed by atoms with Gasteiger partial charge in [-0.25, -0.2) is 0 Å². The molecule has 0 unspecified atom stereocenters. The van der Waals surface area contributed by atoms with Gasteiger partial charge in [0.2, 0.25) is 0 Å². The fourth-order valence-electron chi connectivity index (χ4n) is 10.5. The molecule has 3 nitrogen and oxygen atoms in total. The molecule has 63 heavy (non-hydrogen) atoms. The van der Waals surface area contributed by atoms with Gasteiger partial charge in [0.15, 0.2) is 0 Å². The summed E-state index contributed by atoms with van der Waals surface area (Å²) in [6, 6.07) is 83.8. The zero-order valence-corrected chi connectivity index (χ0v) is 35.0. The Hall–Kier alpha value is -7.92. The molecule has 0 saturated carbocycles. The normalized spacial score (nSPS) is 13.0. The molecule has 0 radical (unpaired) electrons. The van der Waals surface area contributed by atoms with E-state index in [4.69, 9.17) is 4.74 Å². The Labute approximate surface area is 370 Å². The number of fused-ring (bicyclic) bond motifs is 13. The summed E-state index contributed by atoms with van der Waals surface area (Å²) in [7, 11) is 0. The second kappa shape index (κ2) is 14.1. The van der Waals surface area contributed by atoms with Crippen LogP contribution in [0.5, 0.6) is 11.5 Å². The molecule has 13 rings (SSSR count). The summed E-state index contributed by atoms with van der Waals surface area (Å²) in [6.45, 7) is 0. The minimum atomic E-state index is -0.582. The largest absolute Gasteiger partial charge is 0.457 e. The van der Waals surface area contributed by atoms with E-state index in [1.54, 1.807) is 0 Å². The Bertz CT molecular complexity index is 3480. The summed E-state index contributed by atoms with van der Waals surface area (Å²) < 4.78 is 9.19. The van der Waals surface area contributed by atoms with Gasteiger partial charge >= 0.3 is 0 Å². The summed E-state index contributed by atoms with van der Waals surface area (Å²) in [5.74, 6) is 1.78. The van der Waals surface area contributed by atoms with Gasteiger partial charge in [0.05, 0.1) is 15.8 Å². The fourth-order valence-corrected chi connectivity index (χ4v) is 11.7. The quantitative estimate of drug-likeness (QED) is 0.166. The fraction of sp³-hybridized carbons (Fsp3) is 0.0169. The van der Waals surface area contributed by atoms with Crippen molar-refractivity contribution in [3.8, 4) is 22.6 Å². The topological polar surface area (TPSA) is 15.7 Å². The van der Waals surface area contributed by atoms with Gasteiger partial charge in [0, 0.05) is 60.4 Å². The van der Waals surface area contributed by atoms with E-state index in [1.807, 2.05) is 11.3 Å². The Morgan fingerprint density at radius 3 is 1.56 bits per heavy atom. The van der Waals surface area contributed by atoms with Crippen molar-refractivity contribution in [1.29, 1.82) is 0 Å². The molecule has 4 heteroatoms. The Balaban J connectivity index is 1.08. The van der Waals surface area contributed by atoms with Crippen molar-refractivity contribution in [3.05, 3.63) is 253 Å². The third kappa shape index (κ3) is 5.32. The molecule has 2 heterocycles. The van der Waals surface area contributed by atoms with E-state index in [9.17, 15) is 0 Å². The van der Waals surface area contributed by atoms with Crippen molar-refractivity contribution in [3.63, 3.8) is 0 Å². The van der Waals surface area contributed by atoms with E-state index in [0.29, 0.717) is 0 Å². The monoisotopic (exact) mass is 822 g/mol. The highest BCUT2D eigenvalue weighted by Gasteiger charge is 2.51. The van der Waals surface area contributed by atoms with Gasteiger partial charge in [0.25, 0.3) is 0 Å². The predicted octanol–water partition coefficient (Wildman–Crippen LogP) is 16.6. The van der Waals surface area contributed by atoms with E-state index in [-0.39, 0.29) is 0 Å². The Kier molecular flexibility index (Phi) is 7.99. The van der Waals surface area contributed by atoms with Crippen LogP contribution in [0.3, 0.4) is 0 Å². The van der Waals surface area contributed by atoms with E-state index in [1.165, 1.54) is 58.9 Å². The average Bonchev–Trinajstić information content (AvgIpc) is 3.85. The summed E-state index contributed by atoms with van der Waals surface area (Å²) in [5, 5.41) is 4.88. The second-order valence-corrected chi connectivity index (χ2v) is 17.5. The van der Waals surface area contributed by atoms with Crippen LogP contribution >= 0.6 is 11.3 Å². The Morgan fingerprint density at radius 1 is 0.349 bits per heavy atom. The van der Waals surface area contributed by atoms with Crippen molar-refractivity contribution < 1.29 is 4.74 Å². The molecule has 1 aromatic heterocycles. The van der Waals surface area contributed by atoms with Crippen molar-refractivity contribution in [2.75, 3.05) is 9.80 Å². The molecule has 11 aromatic rings. The lowest BCUT2D eigenvalue weighted by Crippen LogP contribution is -2.32. The number of rotatable bonds is 6. The minimum Gasteiger partial charge on any atom is -0.457 e. The number of hydrogen-bond acceptors (Lipinski definition) is 4. The first-order valence-corrected chi connectivity index (χ1v) is 22.3. The lowest BCUT2D eigenvalue weighted by Gasteiger charge is -2.39. The van der Waals surface area contributed by atoms with Gasteiger partial charge in [-0.3, -0.25) is 0 Å². The maximum Gasteiger partial charge on any atom is 0.132 e. The van der Waals surface area contributed by atoms with Gasteiger partial charge < -0.3 is 14.5 Å². The van der Waals surface area contributed by atoms with Gasteiger partial charge in [-0.1, -0.05) is 146 Å². The predicted molar refractivity (Wildman–Crippen MR) is 264 cm³/mol. The molecule has 1 aliphatic heterocycles. The van der Waals surface area contributed by atoms with Crippen LogP contribution in [0.1, 0.15) is 22.3 Å². The van der Waals surface area contributed by atoms with Gasteiger partial charge in [-0.15, -0.1) is 11.3 Å². The molecule has 0 fully saturated rings. The first-order chi connectivity index (χ1) is 31.3. The highest BCUT2D eigenvalue weighted by Crippen LogP contribution is 2.63. The van der Waals surface area contributed by atoms with E-state index >= 15 is 0 Å². The lowest BCUT2D eigenvalue weighted by atomic mass is 9.66. The van der Waals surface area contributed by atoms with Crippen molar-refractivity contribution in [1.82, 2.24) is 0 Å². The van der Waals surface area contributed by atoms with Crippen LogP contribution in [-0.4, -0.2) is 0 Å². The summed E-state index contributed by atoms with van der Waals surface area (Å²) in [4.78, 5) is 4.86. The summed E-state index contributed by atoms with van der Waals surface area (Å²) in [6.07, 6.45) is 0. The molecule has 0 N–H and O–H groups in total. The first kappa shape index (κ1) is 35.8. The maximum atomic E-state index is 6.70. The van der Waals surface area contributed by atoms with Crippen LogP contribution in [0.25, 0.3) is 42.1 Å². The van der Waals surface area contributed by atoms with Gasteiger partial charge in [-0.05, 0) is 113 Å². The second-order valence-electron chi connectivity index (χ2n) is 16.4. The molecule has 0 atom stereocenters. The number of nitrogens with zero attached hydrogens (tertiary/aromatic N) is 2. The number of anilines is 6. The molecule has 10 aromatic carbocycles. The van der Waals surface area contributed by atoms with Crippen LogP contribution in [-0.2, 0) is 5.41 Å². The average molecular weight is 823 g/mol. The van der Waals surface area contributed by atoms with Crippen molar-refractivity contribution in [2.45, 2.75) is 5.41 Å². The zero-order chi connectivity index (χ0) is 41.5. The zero-order valence-electron chi connectivity index (χ0n) is 34.2. The van der Waals surface area contributed by atoms with Crippen LogP contribution < -0.4 is 14.5 Å². The number of benzene rings is 10. The molecule has 0 bridgehead atoms. The molecule has 0 amide bonds. The standard InChI is InChI=1S/C59H38N2OS/c1-4-19-40(20-5-1)60(41-21-6-2-7-22-41)43-33-35-56-48(37-43)49-36-39-18-10-11-25-45(39)57(58(49)63-56)61(42-23-8-3-9-24-42)44-32-34-47-46-26-12-13-27-50(46)59(53(47)38-44)51-28-14-16-30-54(51)62-55-31-17-15-29-52(55)59/h1-38H. The van der Waals surface area contributed by atoms with E-state index in [0.717, 1.165) is 51.1 Å². The highest BCUT2D eigenvalue weighted by molar-refractivity contribution is 7.26. The SMILES string of the molecule is c1ccc(N(c2ccccc2)c2ccc3sc4c(N(c5ccccc5)c5ccc6c(c5)C5(c7ccccc7Oc7ccccc75)c5ccccc5-6)c5ccccc5cc4c3c2)cc1. The maximum absolute atomic E-state index is 6.70. The first-order valence-electron chi connectivity index (χ1n) is 21.5. The third-order valence-corrected chi connectivity index (χ3v) is 14.2. The van der Waals surface area contributed by atoms with Crippen LogP contribution in [0.15, 0.2) is 231 Å². The molecule has 0 saturated heterocycles. The van der Waals surface area contributed by atoms with Gasteiger partial charge in [-0.2, -0.15) is 0 Å². The van der Waals surface area contributed by atoms with E-state index in [2.05, 4.69) is 240 Å². The molecular formula is C59H38N2OS. The van der Waals surface area contributed by atoms with Crippen LogP contribution in [0.2, 0.25) is 0 Å². The molecule has 2 aliphatic rings. The molecular weight excluding hydrogens is 785 g/mol. The molecule has 1 spiro atoms. The lowest BCUT2D eigenvalue weighted by molar-refractivity contribution is 0.436. The number of hydrogen-bond donors (Lipinski definition) is 0. The number of ether oxygens (including phenoxy) is 1. The molecule has 1 aliphatic carbocycles. The van der Waals surface area contributed by atoms with Crippen LogP contribution in [0, 0.1) is 0 Å². The highest BCUT2D eigenvalue weighted by atomic mass is 32.1. The third-order valence-electron chi connectivity index (χ3n) is 13.1. The summed E-state index contributed by atoms with van der Waals surface area (Å²) >= 11 is 1.87. The number of para-hydroxylation sites is 5. The Morgan fingerprint density at radius 2 is 0.873 bits per heavy atom. The summed E-state index contributed by atoms with van der Waals surface area (Å²) in [5.41, 5.74) is 13.5. The minimum absolute atomic E-state index is 0.582. The van der Waals surface area contributed by atoms with E-state index < -0.39 is 5.41 Å². The van der Waals surface area contributed by atoms with Crippen molar-refractivity contribution >= 4 is 76.4 Å².